The largest absolute Gasteiger partial charge is 0.359 e. The molecule has 0 radical (unpaired) electrons. The Morgan fingerprint density at radius 3 is 2.68 bits per heavy atom. The van der Waals surface area contributed by atoms with E-state index < -0.39 is 11.7 Å². The molecule has 0 saturated carbocycles. The van der Waals surface area contributed by atoms with Crippen molar-refractivity contribution in [1.82, 2.24) is 10.2 Å². The predicted octanol–water partition coefficient (Wildman–Crippen LogP) is 1.93. The third-order valence-electron chi connectivity index (χ3n) is 2.75. The molecule has 1 aromatic rings. The molecule has 0 aromatic heterocycles. The van der Waals surface area contributed by atoms with Gasteiger partial charge in [-0.05, 0) is 18.2 Å². The highest BCUT2D eigenvalue weighted by Crippen LogP contribution is 2.16. The third kappa shape index (κ3) is 3.92. The summed E-state index contributed by atoms with van der Waals surface area (Å²) in [7, 11) is 3.04. The Kier molecular flexibility index (Phi) is 5.30. The zero-order valence-corrected chi connectivity index (χ0v) is 11.8. The summed E-state index contributed by atoms with van der Waals surface area (Å²) in [5, 5.41) is 2.79. The maximum Gasteiger partial charge on any atom is 0.256 e. The Hall–Kier alpha value is -1.62. The standard InChI is InChI=1S/C13H16ClFN2O2/c1-8(12(18)16-2)7-17(3)13(19)10-6-9(14)4-5-11(10)15/h4-6,8H,7H2,1-3H3,(H,16,18). The maximum atomic E-state index is 13.6. The second-order valence-electron chi connectivity index (χ2n) is 4.33. The molecule has 1 unspecified atom stereocenters. The first kappa shape index (κ1) is 15.4. The molecule has 1 aromatic carbocycles. The number of benzene rings is 1. The van der Waals surface area contributed by atoms with Gasteiger partial charge in [-0.2, -0.15) is 0 Å². The molecule has 1 N–H and O–H groups in total. The van der Waals surface area contributed by atoms with E-state index in [1.54, 1.807) is 6.92 Å². The summed E-state index contributed by atoms with van der Waals surface area (Å²) in [6.07, 6.45) is 0. The summed E-state index contributed by atoms with van der Waals surface area (Å²) in [6.45, 7) is 1.89. The number of carbonyl (C=O) groups excluding carboxylic acids is 2. The predicted molar refractivity (Wildman–Crippen MR) is 71.6 cm³/mol. The van der Waals surface area contributed by atoms with E-state index in [0.717, 1.165) is 6.07 Å². The molecule has 1 rings (SSSR count). The average molecular weight is 287 g/mol. The molecule has 0 heterocycles. The van der Waals surface area contributed by atoms with Gasteiger partial charge in [-0.15, -0.1) is 0 Å². The van der Waals surface area contributed by atoms with Gasteiger partial charge in [0, 0.05) is 25.7 Å². The van der Waals surface area contributed by atoms with E-state index in [4.69, 9.17) is 11.6 Å². The summed E-state index contributed by atoms with van der Waals surface area (Å²) in [6, 6.07) is 3.80. The number of hydrogen-bond acceptors (Lipinski definition) is 2. The maximum absolute atomic E-state index is 13.6. The van der Waals surface area contributed by atoms with E-state index in [2.05, 4.69) is 5.32 Å². The van der Waals surface area contributed by atoms with Crippen LogP contribution >= 0.6 is 11.6 Å². The first-order valence-corrected chi connectivity index (χ1v) is 6.16. The van der Waals surface area contributed by atoms with Crippen molar-refractivity contribution in [3.8, 4) is 0 Å². The van der Waals surface area contributed by atoms with Crippen molar-refractivity contribution in [2.75, 3.05) is 20.6 Å². The number of amides is 2. The van der Waals surface area contributed by atoms with E-state index in [9.17, 15) is 14.0 Å². The van der Waals surface area contributed by atoms with Crippen molar-refractivity contribution < 1.29 is 14.0 Å². The van der Waals surface area contributed by atoms with Gasteiger partial charge in [0.15, 0.2) is 0 Å². The second-order valence-corrected chi connectivity index (χ2v) is 4.76. The highest BCUT2D eigenvalue weighted by molar-refractivity contribution is 6.31. The van der Waals surface area contributed by atoms with Crippen LogP contribution in [0.1, 0.15) is 17.3 Å². The van der Waals surface area contributed by atoms with Crippen LogP contribution in [0.25, 0.3) is 0 Å². The molecule has 4 nitrogen and oxygen atoms in total. The van der Waals surface area contributed by atoms with Crippen LogP contribution in [0.4, 0.5) is 4.39 Å². The highest BCUT2D eigenvalue weighted by Gasteiger charge is 2.20. The quantitative estimate of drug-likeness (QED) is 0.919. The summed E-state index contributed by atoms with van der Waals surface area (Å²) < 4.78 is 13.6. The van der Waals surface area contributed by atoms with Crippen molar-refractivity contribution in [2.24, 2.45) is 5.92 Å². The van der Waals surface area contributed by atoms with E-state index >= 15 is 0 Å². The number of rotatable bonds is 4. The topological polar surface area (TPSA) is 49.4 Å². The molecule has 1 atom stereocenters. The van der Waals surface area contributed by atoms with Gasteiger partial charge in [0.2, 0.25) is 5.91 Å². The molecule has 0 aliphatic carbocycles. The second kappa shape index (κ2) is 6.52. The fourth-order valence-electron chi connectivity index (χ4n) is 1.69. The monoisotopic (exact) mass is 286 g/mol. The van der Waals surface area contributed by atoms with E-state index in [-0.39, 0.29) is 29.0 Å². The average Bonchev–Trinajstić information content (AvgIpc) is 2.39. The molecular formula is C13H16ClFN2O2. The molecule has 0 spiro atoms. The number of nitrogens with one attached hydrogen (secondary N) is 1. The van der Waals surface area contributed by atoms with Gasteiger partial charge in [-0.1, -0.05) is 18.5 Å². The fourth-order valence-corrected chi connectivity index (χ4v) is 1.86. The Balaban J connectivity index is 2.82. The molecule has 0 bridgehead atoms. The molecule has 104 valence electrons. The molecule has 0 aliphatic rings. The highest BCUT2D eigenvalue weighted by atomic mass is 35.5. The molecule has 0 aliphatic heterocycles. The number of carbonyl (C=O) groups is 2. The summed E-state index contributed by atoms with van der Waals surface area (Å²) in [4.78, 5) is 24.7. The lowest BCUT2D eigenvalue weighted by Gasteiger charge is -2.21. The van der Waals surface area contributed by atoms with Gasteiger partial charge < -0.3 is 10.2 Å². The van der Waals surface area contributed by atoms with Gasteiger partial charge in [-0.3, -0.25) is 9.59 Å². The Morgan fingerprint density at radius 2 is 2.11 bits per heavy atom. The first-order valence-electron chi connectivity index (χ1n) is 5.79. The van der Waals surface area contributed by atoms with Crippen LogP contribution in [-0.2, 0) is 4.79 Å². The molecule has 19 heavy (non-hydrogen) atoms. The summed E-state index contributed by atoms with van der Waals surface area (Å²) in [5.74, 6) is -1.68. The minimum absolute atomic E-state index is 0.0980. The van der Waals surface area contributed by atoms with Crippen LogP contribution in [0.5, 0.6) is 0 Å². The van der Waals surface area contributed by atoms with Gasteiger partial charge >= 0.3 is 0 Å². The molecule has 0 saturated heterocycles. The van der Waals surface area contributed by atoms with Gasteiger partial charge in [0.25, 0.3) is 5.91 Å². The molecule has 6 heteroatoms. The summed E-state index contributed by atoms with van der Waals surface area (Å²) >= 11 is 5.74. The lowest BCUT2D eigenvalue weighted by molar-refractivity contribution is -0.124. The van der Waals surface area contributed by atoms with Crippen molar-refractivity contribution in [3.63, 3.8) is 0 Å². The molecule has 2 amide bonds. The Bertz CT molecular complexity index is 494. The van der Waals surface area contributed by atoms with Crippen molar-refractivity contribution >= 4 is 23.4 Å². The first-order chi connectivity index (χ1) is 8.86. The minimum Gasteiger partial charge on any atom is -0.359 e. The van der Waals surface area contributed by atoms with Crippen molar-refractivity contribution in [1.29, 1.82) is 0 Å². The number of halogens is 2. The minimum atomic E-state index is -0.631. The van der Waals surface area contributed by atoms with Crippen LogP contribution in [0.15, 0.2) is 18.2 Å². The fraction of sp³-hybridized carbons (Fsp3) is 0.385. The normalized spacial score (nSPS) is 11.8. The third-order valence-corrected chi connectivity index (χ3v) is 2.98. The van der Waals surface area contributed by atoms with Crippen LogP contribution in [0, 0.1) is 11.7 Å². The van der Waals surface area contributed by atoms with Crippen molar-refractivity contribution in [3.05, 3.63) is 34.6 Å². The van der Waals surface area contributed by atoms with E-state index in [1.165, 1.54) is 31.1 Å². The van der Waals surface area contributed by atoms with Crippen LogP contribution in [-0.4, -0.2) is 37.4 Å². The Labute approximate surface area is 116 Å². The van der Waals surface area contributed by atoms with Gasteiger partial charge in [0.1, 0.15) is 5.82 Å². The Morgan fingerprint density at radius 1 is 1.47 bits per heavy atom. The van der Waals surface area contributed by atoms with Crippen molar-refractivity contribution in [2.45, 2.75) is 6.92 Å². The lowest BCUT2D eigenvalue weighted by atomic mass is 10.1. The molecular weight excluding hydrogens is 271 g/mol. The number of hydrogen-bond donors (Lipinski definition) is 1. The van der Waals surface area contributed by atoms with Crippen LogP contribution in [0.2, 0.25) is 5.02 Å². The van der Waals surface area contributed by atoms with Gasteiger partial charge in [-0.25, -0.2) is 4.39 Å². The molecule has 0 fully saturated rings. The van der Waals surface area contributed by atoms with Crippen LogP contribution < -0.4 is 5.32 Å². The lowest BCUT2D eigenvalue weighted by Crippen LogP contribution is -2.37. The zero-order chi connectivity index (χ0) is 14.6. The smallest absolute Gasteiger partial charge is 0.256 e. The zero-order valence-electron chi connectivity index (χ0n) is 11.0. The van der Waals surface area contributed by atoms with E-state index in [0.29, 0.717) is 0 Å². The summed E-state index contributed by atoms with van der Waals surface area (Å²) in [5.41, 5.74) is -0.0980. The SMILES string of the molecule is CNC(=O)C(C)CN(C)C(=O)c1cc(Cl)ccc1F. The van der Waals surface area contributed by atoms with E-state index in [1.807, 2.05) is 0 Å². The van der Waals surface area contributed by atoms with Crippen LogP contribution in [0.3, 0.4) is 0 Å². The number of nitrogens with zero attached hydrogens (tertiary/aromatic N) is 1. The van der Waals surface area contributed by atoms with Gasteiger partial charge in [0.05, 0.1) is 11.5 Å².